The predicted octanol–water partition coefficient (Wildman–Crippen LogP) is 2.58. The molecule has 0 aromatic heterocycles. The average molecular weight is 337 g/mol. The molecule has 1 aromatic rings. The van der Waals surface area contributed by atoms with Gasteiger partial charge >= 0.3 is 5.97 Å². The lowest BCUT2D eigenvalue weighted by molar-refractivity contribution is 0.0600. The Hall–Kier alpha value is -1.40. The fourth-order valence-corrected chi connectivity index (χ4v) is 5.55. The second-order valence-corrected chi connectivity index (χ2v) is 8.48. The third kappa shape index (κ3) is 3.28. The zero-order chi connectivity index (χ0) is 16.6. The predicted molar refractivity (Wildman–Crippen MR) is 86.5 cm³/mol. The molecule has 0 radical (unpaired) electrons. The van der Waals surface area contributed by atoms with Crippen molar-refractivity contribution in [1.29, 1.82) is 0 Å². The molecule has 0 aliphatic heterocycles. The van der Waals surface area contributed by atoms with Crippen molar-refractivity contribution in [2.24, 2.45) is 17.8 Å². The number of esters is 1. The minimum atomic E-state index is -3.64. The minimum Gasteiger partial charge on any atom is -0.465 e. The van der Waals surface area contributed by atoms with Crippen LogP contribution in [0.2, 0.25) is 0 Å². The van der Waals surface area contributed by atoms with Crippen LogP contribution in [0.5, 0.6) is 0 Å². The van der Waals surface area contributed by atoms with Crippen LogP contribution >= 0.6 is 0 Å². The number of nitrogens with one attached hydrogen (secondary N) is 1. The summed E-state index contributed by atoms with van der Waals surface area (Å²) in [6.45, 7) is 1.95. The number of carbonyl (C=O) groups excluding carboxylic acids is 1. The van der Waals surface area contributed by atoms with E-state index < -0.39 is 16.0 Å². The van der Waals surface area contributed by atoms with Crippen LogP contribution in [0.1, 0.15) is 43.0 Å². The van der Waals surface area contributed by atoms with Gasteiger partial charge in [0.25, 0.3) is 0 Å². The highest BCUT2D eigenvalue weighted by atomic mass is 32.2. The van der Waals surface area contributed by atoms with Gasteiger partial charge in [-0.05, 0) is 62.1 Å². The van der Waals surface area contributed by atoms with Crippen molar-refractivity contribution in [3.05, 3.63) is 29.8 Å². The lowest BCUT2D eigenvalue weighted by Gasteiger charge is -2.28. The van der Waals surface area contributed by atoms with Gasteiger partial charge in [-0.2, -0.15) is 0 Å². The first-order chi connectivity index (χ1) is 10.9. The van der Waals surface area contributed by atoms with Crippen LogP contribution in [0.15, 0.2) is 29.2 Å². The quantitative estimate of drug-likeness (QED) is 0.838. The maximum Gasteiger partial charge on any atom is 0.337 e. The molecule has 0 unspecified atom stereocenters. The molecule has 6 heteroatoms. The molecule has 3 rings (SSSR count). The maximum atomic E-state index is 12.6. The van der Waals surface area contributed by atoms with Gasteiger partial charge in [0.1, 0.15) is 0 Å². The van der Waals surface area contributed by atoms with Gasteiger partial charge < -0.3 is 4.74 Å². The first-order valence-electron chi connectivity index (χ1n) is 8.11. The van der Waals surface area contributed by atoms with Crippen molar-refractivity contribution in [3.8, 4) is 0 Å². The summed E-state index contributed by atoms with van der Waals surface area (Å²) in [5, 5.41) is 0. The van der Waals surface area contributed by atoms with Crippen LogP contribution in [-0.2, 0) is 14.8 Å². The fraction of sp³-hybridized carbons (Fsp3) is 0.588. The van der Waals surface area contributed by atoms with Gasteiger partial charge in [0, 0.05) is 6.04 Å². The second-order valence-electron chi connectivity index (χ2n) is 6.77. The van der Waals surface area contributed by atoms with E-state index in [1.54, 1.807) is 12.1 Å². The van der Waals surface area contributed by atoms with Crippen LogP contribution in [0.3, 0.4) is 0 Å². The fourth-order valence-electron chi connectivity index (χ4n) is 4.21. The van der Waals surface area contributed by atoms with Crippen molar-refractivity contribution < 1.29 is 17.9 Å². The Morgan fingerprint density at radius 1 is 1.30 bits per heavy atom. The molecule has 2 fully saturated rings. The molecule has 126 valence electrons. The van der Waals surface area contributed by atoms with Crippen LogP contribution < -0.4 is 4.72 Å². The number of hydrogen-bond donors (Lipinski definition) is 1. The molecule has 2 aliphatic rings. The number of carbonyl (C=O) groups is 1. The van der Waals surface area contributed by atoms with Gasteiger partial charge in [-0.25, -0.2) is 17.9 Å². The summed E-state index contributed by atoms with van der Waals surface area (Å²) in [5.74, 6) is 1.31. The summed E-state index contributed by atoms with van der Waals surface area (Å²) in [7, 11) is -2.36. The normalized spacial score (nSPS) is 27.8. The van der Waals surface area contributed by atoms with Crippen LogP contribution in [0, 0.1) is 17.8 Å². The van der Waals surface area contributed by atoms with E-state index in [4.69, 9.17) is 0 Å². The summed E-state index contributed by atoms with van der Waals surface area (Å²) >= 11 is 0. The van der Waals surface area contributed by atoms with Crippen molar-refractivity contribution in [2.75, 3.05) is 7.11 Å². The molecule has 4 atom stereocenters. The average Bonchev–Trinajstić information content (AvgIpc) is 3.17. The second kappa shape index (κ2) is 6.24. The van der Waals surface area contributed by atoms with Crippen LogP contribution in [-0.4, -0.2) is 27.5 Å². The molecule has 0 spiro atoms. The van der Waals surface area contributed by atoms with E-state index in [2.05, 4.69) is 9.46 Å². The molecule has 0 heterocycles. The Morgan fingerprint density at radius 3 is 2.70 bits per heavy atom. The van der Waals surface area contributed by atoms with Gasteiger partial charge in [-0.15, -0.1) is 0 Å². The zero-order valence-corrected chi connectivity index (χ0v) is 14.3. The summed E-state index contributed by atoms with van der Waals surface area (Å²) in [6, 6.07) is 5.88. The molecule has 1 N–H and O–H groups in total. The molecule has 2 saturated carbocycles. The first-order valence-corrected chi connectivity index (χ1v) is 9.59. The van der Waals surface area contributed by atoms with Gasteiger partial charge in [-0.1, -0.05) is 12.5 Å². The number of methoxy groups -OCH3 is 1. The highest BCUT2D eigenvalue weighted by Gasteiger charge is 2.42. The largest absolute Gasteiger partial charge is 0.465 e. The Labute approximate surface area is 137 Å². The van der Waals surface area contributed by atoms with E-state index in [0.717, 1.165) is 12.3 Å². The lowest BCUT2D eigenvalue weighted by Crippen LogP contribution is -2.40. The van der Waals surface area contributed by atoms with E-state index in [0.29, 0.717) is 11.8 Å². The molecular formula is C17H23NO4S. The Morgan fingerprint density at radius 2 is 2.09 bits per heavy atom. The van der Waals surface area contributed by atoms with Gasteiger partial charge in [0.05, 0.1) is 17.6 Å². The van der Waals surface area contributed by atoms with E-state index in [9.17, 15) is 13.2 Å². The molecule has 2 aliphatic carbocycles. The van der Waals surface area contributed by atoms with E-state index in [1.165, 1.54) is 38.5 Å². The maximum absolute atomic E-state index is 12.6. The SMILES string of the molecule is COC(=O)c1cccc(S(=O)(=O)N[C@@H](C)[C@H]2C[C@H]3CC[C@H]2C3)c1. The number of hydrogen-bond acceptors (Lipinski definition) is 4. The summed E-state index contributed by atoms with van der Waals surface area (Å²) in [6.07, 6.45) is 4.88. The number of rotatable bonds is 5. The van der Waals surface area contributed by atoms with Gasteiger partial charge in [0.2, 0.25) is 10.0 Å². The highest BCUT2D eigenvalue weighted by Crippen LogP contribution is 2.49. The smallest absolute Gasteiger partial charge is 0.337 e. The van der Waals surface area contributed by atoms with E-state index in [-0.39, 0.29) is 16.5 Å². The van der Waals surface area contributed by atoms with Crippen molar-refractivity contribution >= 4 is 16.0 Å². The van der Waals surface area contributed by atoms with Crippen molar-refractivity contribution in [2.45, 2.75) is 43.5 Å². The number of sulfonamides is 1. The highest BCUT2D eigenvalue weighted by molar-refractivity contribution is 7.89. The monoisotopic (exact) mass is 337 g/mol. The molecule has 5 nitrogen and oxygen atoms in total. The van der Waals surface area contributed by atoms with E-state index in [1.807, 2.05) is 6.92 Å². The number of benzene rings is 1. The molecule has 2 bridgehead atoms. The lowest BCUT2D eigenvalue weighted by atomic mass is 9.84. The Balaban J connectivity index is 1.75. The third-order valence-electron chi connectivity index (χ3n) is 5.34. The van der Waals surface area contributed by atoms with Gasteiger partial charge in [0.15, 0.2) is 0 Å². The van der Waals surface area contributed by atoms with Gasteiger partial charge in [-0.3, -0.25) is 0 Å². The topological polar surface area (TPSA) is 72.5 Å². The van der Waals surface area contributed by atoms with Crippen molar-refractivity contribution in [1.82, 2.24) is 4.72 Å². The number of ether oxygens (including phenoxy) is 1. The zero-order valence-electron chi connectivity index (χ0n) is 13.5. The summed E-state index contributed by atoms with van der Waals surface area (Å²) in [5.41, 5.74) is 0.239. The van der Waals surface area contributed by atoms with Crippen LogP contribution in [0.25, 0.3) is 0 Å². The molecule has 0 saturated heterocycles. The standard InChI is InChI=1S/C17H23NO4S/c1-11(16-9-12-6-7-13(16)8-12)18-23(20,21)15-5-3-4-14(10-15)17(19)22-2/h3-5,10-13,16,18H,6-9H2,1-2H3/t11-,12-,13-,16+/m0/s1. The van der Waals surface area contributed by atoms with Crippen LogP contribution in [0.4, 0.5) is 0 Å². The Kier molecular flexibility index (Phi) is 4.47. The molecule has 23 heavy (non-hydrogen) atoms. The first kappa shape index (κ1) is 16.5. The molecular weight excluding hydrogens is 314 g/mol. The summed E-state index contributed by atoms with van der Waals surface area (Å²) in [4.78, 5) is 11.7. The van der Waals surface area contributed by atoms with E-state index >= 15 is 0 Å². The molecule has 1 aromatic carbocycles. The summed E-state index contributed by atoms with van der Waals surface area (Å²) < 4.78 is 32.7. The van der Waals surface area contributed by atoms with Crippen molar-refractivity contribution in [3.63, 3.8) is 0 Å². The number of fused-ring (bicyclic) bond motifs is 2. The third-order valence-corrected chi connectivity index (χ3v) is 6.90. The molecule has 0 amide bonds. The minimum absolute atomic E-state index is 0.0860. The Bertz CT molecular complexity index is 700.